The molecule has 1 N–H and O–H groups in total. The van der Waals surface area contributed by atoms with Gasteiger partial charge in [0, 0.05) is 12.5 Å². The Bertz CT molecular complexity index is 488. The van der Waals surface area contributed by atoms with Crippen molar-refractivity contribution >= 4 is 11.9 Å². The van der Waals surface area contributed by atoms with Gasteiger partial charge in [0.1, 0.15) is 11.8 Å². The summed E-state index contributed by atoms with van der Waals surface area (Å²) in [7, 11) is 0. The van der Waals surface area contributed by atoms with Crippen LogP contribution in [0, 0.1) is 5.92 Å². The molecule has 1 fully saturated rings. The molecule has 0 bridgehead atoms. The highest BCUT2D eigenvalue weighted by atomic mass is 16.5. The molecular formula is C16H21NO4. The summed E-state index contributed by atoms with van der Waals surface area (Å²) in [5, 5.41) is 9.12. The first-order chi connectivity index (χ1) is 10.1. The van der Waals surface area contributed by atoms with E-state index in [0.29, 0.717) is 26.0 Å². The van der Waals surface area contributed by atoms with Crippen LogP contribution in [-0.4, -0.2) is 41.1 Å². The van der Waals surface area contributed by atoms with Gasteiger partial charge >= 0.3 is 5.97 Å². The Balaban J connectivity index is 1.81. The Morgan fingerprint density at radius 3 is 2.76 bits per heavy atom. The van der Waals surface area contributed by atoms with Crippen LogP contribution in [0.1, 0.15) is 26.2 Å². The summed E-state index contributed by atoms with van der Waals surface area (Å²) in [6.45, 7) is 2.82. The topological polar surface area (TPSA) is 66.8 Å². The van der Waals surface area contributed by atoms with Gasteiger partial charge in [0.2, 0.25) is 5.91 Å². The number of carbonyl (C=O) groups is 2. The van der Waals surface area contributed by atoms with Crippen molar-refractivity contribution in [1.29, 1.82) is 0 Å². The van der Waals surface area contributed by atoms with Gasteiger partial charge in [-0.25, -0.2) is 4.79 Å². The predicted octanol–water partition coefficient (Wildman–Crippen LogP) is 2.17. The van der Waals surface area contributed by atoms with Gasteiger partial charge in [-0.2, -0.15) is 0 Å². The summed E-state index contributed by atoms with van der Waals surface area (Å²) >= 11 is 0. The molecule has 0 unspecified atom stereocenters. The Morgan fingerprint density at radius 2 is 2.10 bits per heavy atom. The number of carboxylic acids is 1. The summed E-state index contributed by atoms with van der Waals surface area (Å²) in [5.41, 5.74) is 0. The van der Waals surface area contributed by atoms with Crippen LogP contribution in [0.25, 0.3) is 0 Å². The third-order valence-electron chi connectivity index (χ3n) is 3.81. The van der Waals surface area contributed by atoms with Gasteiger partial charge in [-0.3, -0.25) is 4.79 Å². The smallest absolute Gasteiger partial charge is 0.326 e. The molecule has 1 aliphatic rings. The minimum absolute atomic E-state index is 0.0865. The van der Waals surface area contributed by atoms with Crippen molar-refractivity contribution in [3.63, 3.8) is 0 Å². The van der Waals surface area contributed by atoms with Gasteiger partial charge in [-0.15, -0.1) is 0 Å². The molecule has 1 heterocycles. The lowest BCUT2D eigenvalue weighted by atomic mass is 10.1. The largest absolute Gasteiger partial charge is 0.494 e. The average Bonchev–Trinajstić information content (AvgIpc) is 2.97. The quantitative estimate of drug-likeness (QED) is 0.872. The lowest BCUT2D eigenvalue weighted by Gasteiger charge is -2.24. The van der Waals surface area contributed by atoms with Crippen LogP contribution in [0.4, 0.5) is 0 Å². The third-order valence-corrected chi connectivity index (χ3v) is 3.81. The van der Waals surface area contributed by atoms with Gasteiger partial charge in [0.05, 0.1) is 6.61 Å². The molecule has 0 spiro atoms. The minimum atomic E-state index is -0.909. The Labute approximate surface area is 124 Å². The number of likely N-dealkylation sites (tertiary alicyclic amines) is 1. The molecule has 0 aromatic heterocycles. The van der Waals surface area contributed by atoms with Crippen LogP contribution in [0.2, 0.25) is 0 Å². The summed E-state index contributed by atoms with van der Waals surface area (Å²) < 4.78 is 5.58. The van der Waals surface area contributed by atoms with E-state index in [1.807, 2.05) is 37.3 Å². The number of aliphatic carboxylic acids is 1. The van der Waals surface area contributed by atoms with E-state index in [1.165, 1.54) is 4.90 Å². The molecule has 21 heavy (non-hydrogen) atoms. The maximum absolute atomic E-state index is 12.3. The van der Waals surface area contributed by atoms with Crippen molar-refractivity contribution in [1.82, 2.24) is 4.90 Å². The molecule has 114 valence electrons. The maximum atomic E-state index is 12.3. The van der Waals surface area contributed by atoms with Crippen molar-refractivity contribution in [2.45, 2.75) is 32.2 Å². The summed E-state index contributed by atoms with van der Waals surface area (Å²) in [6, 6.07) is 8.78. The Hall–Kier alpha value is -2.04. The first kappa shape index (κ1) is 15.4. The molecule has 1 aromatic carbocycles. The van der Waals surface area contributed by atoms with Crippen LogP contribution in [0.3, 0.4) is 0 Å². The van der Waals surface area contributed by atoms with Crippen molar-refractivity contribution in [3.05, 3.63) is 30.3 Å². The van der Waals surface area contributed by atoms with E-state index in [9.17, 15) is 9.59 Å². The second-order valence-corrected chi connectivity index (χ2v) is 5.38. The van der Waals surface area contributed by atoms with E-state index in [1.54, 1.807) is 0 Å². The fourth-order valence-electron chi connectivity index (χ4n) is 2.56. The number of ether oxygens (including phenoxy) is 1. The van der Waals surface area contributed by atoms with Crippen LogP contribution >= 0.6 is 0 Å². The summed E-state index contributed by atoms with van der Waals surface area (Å²) in [5.74, 6) is -0.444. The molecule has 0 saturated carbocycles. The molecule has 2 atom stereocenters. The zero-order valence-corrected chi connectivity index (χ0v) is 12.2. The first-order valence-electron chi connectivity index (χ1n) is 7.30. The van der Waals surface area contributed by atoms with Crippen LogP contribution in [-0.2, 0) is 9.59 Å². The van der Waals surface area contributed by atoms with Crippen molar-refractivity contribution in [3.8, 4) is 5.75 Å². The zero-order valence-electron chi connectivity index (χ0n) is 12.2. The highest BCUT2D eigenvalue weighted by molar-refractivity contribution is 5.85. The molecule has 1 saturated heterocycles. The zero-order chi connectivity index (χ0) is 15.2. The summed E-state index contributed by atoms with van der Waals surface area (Å²) in [4.78, 5) is 24.9. The normalized spacial score (nSPS) is 19.3. The Kier molecular flexibility index (Phi) is 5.20. The van der Waals surface area contributed by atoms with Crippen molar-refractivity contribution < 1.29 is 19.4 Å². The van der Waals surface area contributed by atoms with Gasteiger partial charge < -0.3 is 14.7 Å². The highest BCUT2D eigenvalue weighted by Crippen LogP contribution is 2.21. The van der Waals surface area contributed by atoms with Crippen molar-refractivity contribution in [2.24, 2.45) is 5.92 Å². The fraction of sp³-hybridized carbons (Fsp3) is 0.500. The number of nitrogens with zero attached hydrogens (tertiary/aromatic N) is 1. The lowest BCUT2D eigenvalue weighted by molar-refractivity contribution is -0.149. The molecule has 0 aliphatic carbocycles. The van der Waals surface area contributed by atoms with E-state index in [-0.39, 0.29) is 11.8 Å². The lowest BCUT2D eigenvalue weighted by Crippen LogP contribution is -2.43. The number of hydrogen-bond acceptors (Lipinski definition) is 3. The standard InChI is InChI=1S/C16H21NO4/c1-12(9-11-21-13-6-3-2-4-7-13)15(18)17-10-5-8-14(17)16(19)20/h2-4,6-7,12,14H,5,8-11H2,1H3,(H,19,20)/t12-,14+/m1/s1. The molecule has 5 nitrogen and oxygen atoms in total. The number of carbonyl (C=O) groups excluding carboxylic acids is 1. The number of rotatable bonds is 6. The highest BCUT2D eigenvalue weighted by Gasteiger charge is 2.35. The van der Waals surface area contributed by atoms with E-state index < -0.39 is 12.0 Å². The van der Waals surface area contributed by atoms with Gasteiger partial charge in [0.25, 0.3) is 0 Å². The monoisotopic (exact) mass is 291 g/mol. The minimum Gasteiger partial charge on any atom is -0.494 e. The van der Waals surface area contributed by atoms with Crippen LogP contribution in [0.5, 0.6) is 5.75 Å². The van der Waals surface area contributed by atoms with Crippen LogP contribution < -0.4 is 4.74 Å². The predicted molar refractivity (Wildman–Crippen MR) is 78.1 cm³/mol. The summed E-state index contributed by atoms with van der Waals surface area (Å²) in [6.07, 6.45) is 1.89. The number of carboxylic acid groups (broad SMARTS) is 1. The molecule has 2 rings (SSSR count). The second-order valence-electron chi connectivity index (χ2n) is 5.38. The van der Waals surface area contributed by atoms with Gasteiger partial charge in [0.15, 0.2) is 0 Å². The van der Waals surface area contributed by atoms with E-state index in [2.05, 4.69) is 0 Å². The van der Waals surface area contributed by atoms with Crippen molar-refractivity contribution in [2.75, 3.05) is 13.2 Å². The third kappa shape index (κ3) is 3.97. The Morgan fingerprint density at radius 1 is 1.38 bits per heavy atom. The first-order valence-corrected chi connectivity index (χ1v) is 7.30. The molecule has 0 radical (unpaired) electrons. The molecule has 1 aromatic rings. The van der Waals surface area contributed by atoms with E-state index in [4.69, 9.17) is 9.84 Å². The SMILES string of the molecule is C[C@H](CCOc1ccccc1)C(=O)N1CCC[C@H]1C(=O)O. The molecule has 5 heteroatoms. The second kappa shape index (κ2) is 7.11. The number of benzene rings is 1. The van der Waals surface area contributed by atoms with E-state index in [0.717, 1.165) is 12.2 Å². The molecular weight excluding hydrogens is 270 g/mol. The molecule has 1 aliphatic heterocycles. The van der Waals surface area contributed by atoms with Crippen LogP contribution in [0.15, 0.2) is 30.3 Å². The number of para-hydroxylation sites is 1. The average molecular weight is 291 g/mol. The number of amides is 1. The fourth-order valence-corrected chi connectivity index (χ4v) is 2.56. The maximum Gasteiger partial charge on any atom is 0.326 e. The van der Waals surface area contributed by atoms with Gasteiger partial charge in [-0.05, 0) is 31.4 Å². The number of hydrogen-bond donors (Lipinski definition) is 1. The van der Waals surface area contributed by atoms with E-state index >= 15 is 0 Å². The molecule has 1 amide bonds. The van der Waals surface area contributed by atoms with Gasteiger partial charge in [-0.1, -0.05) is 25.1 Å².